The molecule has 13 aromatic carbocycles. The lowest BCUT2D eigenvalue weighted by molar-refractivity contribution is -0.137. The topological polar surface area (TPSA) is 37.7 Å². The van der Waals surface area contributed by atoms with Gasteiger partial charge in [0, 0.05) is 54.5 Å². The van der Waals surface area contributed by atoms with Gasteiger partial charge in [-0.05, 0) is 131 Å². The molecule has 11 heteroatoms. The third kappa shape index (κ3) is 7.05. The van der Waals surface area contributed by atoms with E-state index in [9.17, 15) is 26.3 Å². The number of hydrogen-bond acceptors (Lipinski definition) is 4. The Bertz CT molecular complexity index is 5480. The van der Waals surface area contributed by atoms with Crippen LogP contribution in [-0.4, -0.2) is 4.57 Å². The summed E-state index contributed by atoms with van der Waals surface area (Å²) in [7, 11) is 0. The number of aryl methyl sites for hydroxylation is 2. The fourth-order valence-electron chi connectivity index (χ4n) is 15.3. The van der Waals surface area contributed by atoms with Crippen LogP contribution in [0.1, 0.15) is 44.5 Å². The smallest absolute Gasteiger partial charge is 0.420 e. The number of hydrogen-bond donors (Lipinski definition) is 0. The summed E-state index contributed by atoms with van der Waals surface area (Å²) in [6.07, 6.45) is -9.37. The van der Waals surface area contributed by atoms with Gasteiger partial charge in [-0.15, -0.1) is 0 Å². The highest BCUT2D eigenvalue weighted by Crippen LogP contribution is 2.66. The third-order valence-corrected chi connectivity index (χ3v) is 18.9. The highest BCUT2D eigenvalue weighted by Gasteiger charge is 2.53. The van der Waals surface area contributed by atoms with Crippen LogP contribution in [0.25, 0.3) is 104 Å². The first-order valence-corrected chi connectivity index (χ1v) is 29.8. The lowest BCUT2D eigenvalue weighted by Crippen LogP contribution is -2.34. The molecule has 3 aromatic heterocycles. The first-order chi connectivity index (χ1) is 43.8. The zero-order chi connectivity index (χ0) is 60.7. The monoisotopic (exact) mass is 1180 g/mol. The molecule has 2 aliphatic rings. The predicted octanol–water partition coefficient (Wildman–Crippen LogP) is 23.2. The Kier molecular flexibility index (Phi) is 10.7. The van der Waals surface area contributed by atoms with E-state index in [-0.39, 0.29) is 11.2 Å². The molecule has 0 bridgehead atoms. The summed E-state index contributed by atoms with van der Waals surface area (Å²) in [5.74, 6) is 0. The molecule has 90 heavy (non-hydrogen) atoms. The minimum Gasteiger partial charge on any atom is -0.453 e. The average Bonchev–Trinajstić information content (AvgIpc) is 1.47. The van der Waals surface area contributed by atoms with Crippen molar-refractivity contribution < 1.29 is 35.2 Å². The molecule has 1 spiro atoms. The van der Waals surface area contributed by atoms with Gasteiger partial charge in [0.05, 0.1) is 56.0 Å². The average molecular weight is 1180 g/mol. The van der Waals surface area contributed by atoms with E-state index in [0.717, 1.165) is 128 Å². The van der Waals surface area contributed by atoms with E-state index < -0.39 is 28.9 Å². The van der Waals surface area contributed by atoms with Gasteiger partial charge in [-0.1, -0.05) is 187 Å². The Morgan fingerprint density at radius 3 is 1.22 bits per heavy atom. The van der Waals surface area contributed by atoms with Crippen molar-refractivity contribution in [3.05, 3.63) is 293 Å². The van der Waals surface area contributed by atoms with Crippen LogP contribution >= 0.6 is 0 Å². The van der Waals surface area contributed by atoms with Crippen LogP contribution in [0.2, 0.25) is 0 Å². The van der Waals surface area contributed by atoms with Gasteiger partial charge in [0.1, 0.15) is 11.2 Å². The second-order valence-electron chi connectivity index (χ2n) is 23.8. The number of benzene rings is 13. The summed E-state index contributed by atoms with van der Waals surface area (Å²) in [6.45, 7) is 4.05. The van der Waals surface area contributed by atoms with E-state index in [1.807, 2.05) is 111 Å². The molecule has 0 N–H and O–H groups in total. The molecule has 1 aliphatic carbocycles. The highest BCUT2D eigenvalue weighted by molar-refractivity contribution is 6.22. The molecule has 0 unspecified atom stereocenters. The van der Waals surface area contributed by atoms with Crippen LogP contribution in [0, 0.1) is 13.8 Å². The Hall–Kier alpha value is -11.0. The quantitative estimate of drug-likeness (QED) is 0.156. The van der Waals surface area contributed by atoms with Crippen LogP contribution in [0.4, 0.5) is 60.5 Å². The molecular weight excluding hydrogens is 1140 g/mol. The minimum absolute atomic E-state index is 0.239. The van der Waals surface area contributed by atoms with Gasteiger partial charge in [0.2, 0.25) is 0 Å². The van der Waals surface area contributed by atoms with Crippen LogP contribution in [0.15, 0.2) is 258 Å². The number of rotatable bonds is 6. The maximum atomic E-state index is 15.0. The Balaban J connectivity index is 1.01. The van der Waals surface area contributed by atoms with E-state index in [2.05, 4.69) is 130 Å². The van der Waals surface area contributed by atoms with Crippen molar-refractivity contribution in [3.63, 3.8) is 0 Å². The number of nitrogens with zero attached hydrogens (tertiary/aromatic N) is 3. The largest absolute Gasteiger partial charge is 0.453 e. The van der Waals surface area contributed by atoms with Gasteiger partial charge < -0.3 is 23.2 Å². The number of halogens is 6. The van der Waals surface area contributed by atoms with E-state index in [1.165, 1.54) is 12.1 Å². The standard InChI is InChI=1S/C79H47F6N3O2/c1-44-34-38-46(39-35-44)86(66-32-14-24-56-54-22-12-28-60(78(80,81)82)73(54)89-75(56)66)68-42-62-70(51-19-5-3-16-48(51)68)71-52-20-6-4-17-49(52)69(43-63(71)77(62)58-26-8-10-31-65(58)88-64-30-9-7-18-50(64)53-21-11-27-59(77)72(53)88)87(47-40-36-45(2)37-41-47)67-33-15-25-57-55-23-13-29-61(79(83,84)85)74(55)90-76(57)67/h3-43H,1-2H3. The molecule has 0 atom stereocenters. The molecule has 0 amide bonds. The zero-order valence-corrected chi connectivity index (χ0v) is 48.1. The van der Waals surface area contributed by atoms with Crippen LogP contribution in [-0.2, 0) is 17.8 Å². The van der Waals surface area contributed by atoms with E-state index in [0.29, 0.717) is 44.1 Å². The number of para-hydroxylation sites is 7. The maximum absolute atomic E-state index is 15.0. The fourth-order valence-corrected chi connectivity index (χ4v) is 15.3. The lowest BCUT2D eigenvalue weighted by atomic mass is 9.65. The van der Waals surface area contributed by atoms with E-state index in [1.54, 1.807) is 12.1 Å². The van der Waals surface area contributed by atoms with Crippen molar-refractivity contribution in [1.82, 2.24) is 4.57 Å². The number of furan rings is 2. The van der Waals surface area contributed by atoms with Gasteiger partial charge in [-0.3, -0.25) is 0 Å². The number of alkyl halides is 6. The van der Waals surface area contributed by atoms with Crippen LogP contribution in [0.3, 0.4) is 0 Å². The second kappa shape index (κ2) is 18.5. The molecule has 432 valence electrons. The van der Waals surface area contributed by atoms with E-state index >= 15 is 0 Å². The molecule has 0 fully saturated rings. The lowest BCUT2D eigenvalue weighted by Gasteiger charge is -2.40. The number of anilines is 6. The maximum Gasteiger partial charge on any atom is 0.420 e. The molecule has 0 saturated heterocycles. The van der Waals surface area contributed by atoms with Crippen LogP contribution < -0.4 is 9.80 Å². The Labute approximate surface area is 510 Å². The Morgan fingerprint density at radius 2 is 0.722 bits per heavy atom. The number of fused-ring (bicyclic) bond motifs is 22. The predicted molar refractivity (Wildman–Crippen MR) is 350 cm³/mol. The molecule has 5 nitrogen and oxygen atoms in total. The molecular formula is C79H47F6N3O2. The molecule has 0 radical (unpaired) electrons. The van der Waals surface area contributed by atoms with Crippen LogP contribution in [0.5, 0.6) is 0 Å². The van der Waals surface area contributed by atoms with Gasteiger partial charge in [-0.2, -0.15) is 26.3 Å². The SMILES string of the molecule is Cc1ccc(N(c2cc3c(c4ccccc24)-c2c(cc(N(c4ccc(C)cc4)c4cccc5c4oc4c(C(F)(F)F)cccc45)c4ccccc24)C32c3ccccc3-n3c4ccccc4c4cccc2c43)c2cccc3c2oc2c(C(F)(F)F)cccc23)cc1. The normalized spacial score (nSPS) is 13.4. The summed E-state index contributed by atoms with van der Waals surface area (Å²) in [5, 5.41) is 7.58. The summed E-state index contributed by atoms with van der Waals surface area (Å²) in [4.78, 5) is 4.29. The first kappa shape index (κ1) is 52.1. The molecule has 18 rings (SSSR count). The van der Waals surface area contributed by atoms with E-state index in [4.69, 9.17) is 8.83 Å². The summed E-state index contributed by atoms with van der Waals surface area (Å²) in [6, 6.07) is 81.1. The Morgan fingerprint density at radius 1 is 0.333 bits per heavy atom. The summed E-state index contributed by atoms with van der Waals surface area (Å²) in [5.41, 5.74) is 12.5. The van der Waals surface area contributed by atoms with Crippen molar-refractivity contribution in [1.29, 1.82) is 0 Å². The number of aromatic nitrogens is 1. The van der Waals surface area contributed by atoms with Crippen molar-refractivity contribution in [2.24, 2.45) is 0 Å². The highest BCUT2D eigenvalue weighted by atomic mass is 19.4. The van der Waals surface area contributed by atoms with Gasteiger partial charge in [-0.25, -0.2) is 0 Å². The molecule has 16 aromatic rings. The zero-order valence-electron chi connectivity index (χ0n) is 48.1. The van der Waals surface area contributed by atoms with Gasteiger partial charge >= 0.3 is 12.4 Å². The third-order valence-electron chi connectivity index (χ3n) is 18.9. The second-order valence-corrected chi connectivity index (χ2v) is 23.8. The molecule has 4 heterocycles. The molecule has 1 aliphatic heterocycles. The summed E-state index contributed by atoms with van der Waals surface area (Å²) >= 11 is 0. The van der Waals surface area contributed by atoms with Gasteiger partial charge in [0.15, 0.2) is 11.2 Å². The summed E-state index contributed by atoms with van der Waals surface area (Å²) < 4.78 is 106. The van der Waals surface area contributed by atoms with Crippen molar-refractivity contribution >= 4 is 121 Å². The van der Waals surface area contributed by atoms with Crippen molar-refractivity contribution in [3.8, 4) is 16.8 Å². The minimum atomic E-state index is -4.68. The fraction of sp³-hybridized carbons (Fsp3) is 0.0633. The van der Waals surface area contributed by atoms with Gasteiger partial charge in [0.25, 0.3) is 0 Å². The van der Waals surface area contributed by atoms with Crippen molar-refractivity contribution in [2.75, 3.05) is 9.80 Å². The molecule has 0 saturated carbocycles. The first-order valence-electron chi connectivity index (χ1n) is 29.8. The van der Waals surface area contributed by atoms with Crippen molar-refractivity contribution in [2.45, 2.75) is 31.6 Å².